The highest BCUT2D eigenvalue weighted by Crippen LogP contribution is 2.61. The Labute approximate surface area is 83.1 Å². The Hall–Kier alpha value is -1.31. The second-order valence-corrected chi connectivity index (χ2v) is 4.47. The summed E-state index contributed by atoms with van der Waals surface area (Å²) in [5.41, 5.74) is 8.30. The number of benzene rings is 1. The Morgan fingerprint density at radius 2 is 2.21 bits per heavy atom. The normalized spacial score (nSPS) is 33.0. The minimum absolute atomic E-state index is 0.103. The Bertz CT molecular complexity index is 413. The van der Waals surface area contributed by atoms with E-state index in [0.717, 1.165) is 19.3 Å². The predicted molar refractivity (Wildman–Crippen MR) is 53.7 cm³/mol. The summed E-state index contributed by atoms with van der Waals surface area (Å²) < 4.78 is 0. The van der Waals surface area contributed by atoms with Gasteiger partial charge in [0.2, 0.25) is 5.91 Å². The van der Waals surface area contributed by atoms with E-state index in [4.69, 9.17) is 5.73 Å². The van der Waals surface area contributed by atoms with Crippen LogP contribution in [-0.4, -0.2) is 5.91 Å². The van der Waals surface area contributed by atoms with E-state index in [9.17, 15) is 4.79 Å². The highest BCUT2D eigenvalue weighted by Gasteiger charge is 2.60. The molecule has 1 spiro atoms. The maximum absolute atomic E-state index is 11.2. The molecule has 3 rings (SSSR count). The van der Waals surface area contributed by atoms with Crippen LogP contribution in [-0.2, 0) is 16.6 Å². The van der Waals surface area contributed by atoms with Crippen molar-refractivity contribution >= 4 is 5.91 Å². The maximum Gasteiger partial charge on any atom is 0.221 e. The van der Waals surface area contributed by atoms with Gasteiger partial charge in [-0.1, -0.05) is 24.3 Å². The first-order valence-electron chi connectivity index (χ1n) is 5.12. The van der Waals surface area contributed by atoms with Gasteiger partial charge in [0, 0.05) is 11.3 Å². The third-order valence-corrected chi connectivity index (χ3v) is 3.81. The summed E-state index contributed by atoms with van der Waals surface area (Å²) in [6, 6.07) is 8.45. The largest absolute Gasteiger partial charge is 0.369 e. The fraction of sp³-hybridized carbons (Fsp3) is 0.417. The molecule has 2 aliphatic carbocycles. The summed E-state index contributed by atoms with van der Waals surface area (Å²) in [6.45, 7) is 0. The second kappa shape index (κ2) is 2.38. The standard InChI is InChI=1S/C12H13NO/c13-11(14)10-7-12(10)6-5-8-3-1-2-4-9(8)12/h1-4,10H,5-7H2,(H2,13,14). The number of carbonyl (C=O) groups excluding carboxylic acids is 1. The van der Waals surface area contributed by atoms with Crippen molar-refractivity contribution in [3.63, 3.8) is 0 Å². The lowest BCUT2D eigenvalue weighted by Gasteiger charge is -2.09. The molecule has 1 aromatic rings. The van der Waals surface area contributed by atoms with Crippen LogP contribution in [0.15, 0.2) is 24.3 Å². The van der Waals surface area contributed by atoms with Crippen molar-refractivity contribution in [2.75, 3.05) is 0 Å². The Kier molecular flexibility index (Phi) is 1.37. The molecule has 1 aromatic carbocycles. The van der Waals surface area contributed by atoms with Crippen LogP contribution < -0.4 is 5.73 Å². The molecule has 0 aromatic heterocycles. The van der Waals surface area contributed by atoms with Crippen molar-refractivity contribution in [2.45, 2.75) is 24.7 Å². The molecule has 72 valence electrons. The van der Waals surface area contributed by atoms with Gasteiger partial charge in [0.15, 0.2) is 0 Å². The summed E-state index contributed by atoms with van der Waals surface area (Å²) in [5, 5.41) is 0. The second-order valence-electron chi connectivity index (χ2n) is 4.47. The van der Waals surface area contributed by atoms with Crippen molar-refractivity contribution in [3.05, 3.63) is 35.4 Å². The maximum atomic E-state index is 11.2. The lowest BCUT2D eigenvalue weighted by Crippen LogP contribution is -2.19. The van der Waals surface area contributed by atoms with E-state index >= 15 is 0 Å². The molecular weight excluding hydrogens is 174 g/mol. The van der Waals surface area contributed by atoms with Gasteiger partial charge < -0.3 is 5.73 Å². The van der Waals surface area contributed by atoms with Crippen LogP contribution in [0.1, 0.15) is 24.0 Å². The molecule has 2 atom stereocenters. The number of aryl methyl sites for hydroxylation is 1. The minimum atomic E-state index is -0.123. The molecule has 14 heavy (non-hydrogen) atoms. The van der Waals surface area contributed by atoms with Gasteiger partial charge >= 0.3 is 0 Å². The van der Waals surface area contributed by atoms with Gasteiger partial charge in [-0.05, 0) is 30.4 Å². The molecule has 2 N–H and O–H groups in total. The van der Waals surface area contributed by atoms with E-state index in [1.54, 1.807) is 0 Å². The minimum Gasteiger partial charge on any atom is -0.369 e. The number of carbonyl (C=O) groups is 1. The Morgan fingerprint density at radius 1 is 1.43 bits per heavy atom. The van der Waals surface area contributed by atoms with Crippen LogP contribution in [0, 0.1) is 5.92 Å². The van der Waals surface area contributed by atoms with Gasteiger partial charge in [-0.2, -0.15) is 0 Å². The monoisotopic (exact) mass is 187 g/mol. The molecule has 1 amide bonds. The predicted octanol–water partition coefficient (Wildman–Crippen LogP) is 1.38. The lowest BCUT2D eigenvalue weighted by molar-refractivity contribution is -0.119. The fourth-order valence-electron chi connectivity index (χ4n) is 2.97. The van der Waals surface area contributed by atoms with E-state index in [1.165, 1.54) is 11.1 Å². The molecule has 0 heterocycles. The van der Waals surface area contributed by atoms with E-state index in [1.807, 2.05) is 0 Å². The summed E-state index contributed by atoms with van der Waals surface area (Å²) in [6.07, 6.45) is 3.19. The zero-order valence-corrected chi connectivity index (χ0v) is 7.99. The number of primary amides is 1. The van der Waals surface area contributed by atoms with Crippen LogP contribution in [0.4, 0.5) is 0 Å². The van der Waals surface area contributed by atoms with E-state index in [2.05, 4.69) is 24.3 Å². The van der Waals surface area contributed by atoms with Gasteiger partial charge in [0.25, 0.3) is 0 Å². The molecule has 2 unspecified atom stereocenters. The van der Waals surface area contributed by atoms with Crippen LogP contribution in [0.3, 0.4) is 0 Å². The summed E-state index contributed by atoms with van der Waals surface area (Å²) >= 11 is 0. The average Bonchev–Trinajstić information content (AvgIpc) is 2.80. The molecule has 0 bridgehead atoms. The molecule has 2 heteroatoms. The number of fused-ring (bicyclic) bond motifs is 2. The first kappa shape index (κ1) is 8.04. The topological polar surface area (TPSA) is 43.1 Å². The Morgan fingerprint density at radius 3 is 2.93 bits per heavy atom. The van der Waals surface area contributed by atoms with E-state index < -0.39 is 0 Å². The van der Waals surface area contributed by atoms with E-state index in [0.29, 0.717) is 0 Å². The Balaban J connectivity index is 2.04. The van der Waals surface area contributed by atoms with Crippen LogP contribution in [0.5, 0.6) is 0 Å². The molecule has 0 saturated heterocycles. The van der Waals surface area contributed by atoms with Gasteiger partial charge in [-0.3, -0.25) is 4.79 Å². The number of rotatable bonds is 1. The first-order valence-corrected chi connectivity index (χ1v) is 5.12. The van der Waals surface area contributed by atoms with Crippen LogP contribution in [0.2, 0.25) is 0 Å². The van der Waals surface area contributed by atoms with Gasteiger partial charge in [0.1, 0.15) is 0 Å². The quantitative estimate of drug-likeness (QED) is 0.709. The summed E-state index contributed by atoms with van der Waals surface area (Å²) in [7, 11) is 0. The summed E-state index contributed by atoms with van der Waals surface area (Å²) in [4.78, 5) is 11.2. The smallest absolute Gasteiger partial charge is 0.221 e. The fourth-order valence-corrected chi connectivity index (χ4v) is 2.97. The zero-order chi connectivity index (χ0) is 9.76. The molecule has 1 saturated carbocycles. The number of hydrogen-bond acceptors (Lipinski definition) is 1. The van der Waals surface area contributed by atoms with Crippen molar-refractivity contribution in [3.8, 4) is 0 Å². The highest BCUT2D eigenvalue weighted by molar-refractivity contribution is 5.83. The van der Waals surface area contributed by atoms with Crippen molar-refractivity contribution in [1.29, 1.82) is 0 Å². The molecular formula is C12H13NO. The third kappa shape index (κ3) is 0.834. The van der Waals surface area contributed by atoms with E-state index in [-0.39, 0.29) is 17.2 Å². The van der Waals surface area contributed by atoms with Gasteiger partial charge in [-0.25, -0.2) is 0 Å². The SMILES string of the molecule is NC(=O)C1CC12CCc1ccccc12. The highest BCUT2D eigenvalue weighted by atomic mass is 16.1. The van der Waals surface area contributed by atoms with Gasteiger partial charge in [-0.15, -0.1) is 0 Å². The van der Waals surface area contributed by atoms with Crippen LogP contribution in [0.25, 0.3) is 0 Å². The number of nitrogens with two attached hydrogens (primary N) is 1. The lowest BCUT2D eigenvalue weighted by atomic mass is 9.95. The number of amides is 1. The first-order chi connectivity index (χ1) is 6.74. The molecule has 2 aliphatic rings. The molecule has 0 radical (unpaired) electrons. The van der Waals surface area contributed by atoms with Crippen molar-refractivity contribution in [2.24, 2.45) is 11.7 Å². The third-order valence-electron chi connectivity index (χ3n) is 3.81. The molecule has 2 nitrogen and oxygen atoms in total. The van der Waals surface area contributed by atoms with Gasteiger partial charge in [0.05, 0.1) is 0 Å². The number of hydrogen-bond donors (Lipinski definition) is 1. The average molecular weight is 187 g/mol. The summed E-state index contributed by atoms with van der Waals surface area (Å²) in [5.74, 6) is -0.0205. The zero-order valence-electron chi connectivity index (χ0n) is 7.99. The van der Waals surface area contributed by atoms with Crippen molar-refractivity contribution < 1.29 is 4.79 Å². The van der Waals surface area contributed by atoms with Crippen LogP contribution >= 0.6 is 0 Å². The van der Waals surface area contributed by atoms with Crippen molar-refractivity contribution in [1.82, 2.24) is 0 Å². The molecule has 0 aliphatic heterocycles. The molecule has 1 fully saturated rings.